The fourth-order valence-electron chi connectivity index (χ4n) is 3.18. The zero-order valence-electron chi connectivity index (χ0n) is 14.0. The Balaban J connectivity index is 1.82. The van der Waals surface area contributed by atoms with Crippen molar-refractivity contribution in [2.75, 3.05) is 0 Å². The minimum atomic E-state index is -0.998. The standard InChI is InChI=1S/C19H13N3O5/c23-18-15-6-5-14(22(26)27)10-16(15)20-17-13(7-8-21(17)18)9-11-1-3-12(4-2-11)19(24)25/h1-6,9-10H,7-8H2,(H,24,25). The zero-order valence-corrected chi connectivity index (χ0v) is 14.0. The molecule has 0 saturated carbocycles. The first-order valence-electron chi connectivity index (χ1n) is 8.17. The van der Waals surface area contributed by atoms with Gasteiger partial charge in [0.1, 0.15) is 5.82 Å². The lowest BCUT2D eigenvalue weighted by atomic mass is 10.1. The molecule has 1 aliphatic heterocycles. The Hall–Kier alpha value is -3.81. The Morgan fingerprint density at radius 3 is 2.63 bits per heavy atom. The molecule has 4 rings (SSSR count). The van der Waals surface area contributed by atoms with E-state index in [0.717, 1.165) is 11.1 Å². The maximum absolute atomic E-state index is 12.7. The Kier molecular flexibility index (Phi) is 3.80. The van der Waals surface area contributed by atoms with Crippen molar-refractivity contribution in [2.24, 2.45) is 0 Å². The molecular formula is C19H13N3O5. The number of nitro groups is 1. The van der Waals surface area contributed by atoms with Crippen LogP contribution in [0.3, 0.4) is 0 Å². The van der Waals surface area contributed by atoms with E-state index in [1.807, 2.05) is 6.08 Å². The topological polar surface area (TPSA) is 115 Å². The SMILES string of the molecule is O=C(O)c1ccc(C=C2CCn3c2nc2cc([N+](=O)[O-])ccc2c3=O)cc1. The summed E-state index contributed by atoms with van der Waals surface area (Å²) >= 11 is 0. The van der Waals surface area contributed by atoms with E-state index in [-0.39, 0.29) is 22.3 Å². The second kappa shape index (κ2) is 6.17. The minimum absolute atomic E-state index is 0.118. The number of nitrogens with zero attached hydrogens (tertiary/aromatic N) is 3. The van der Waals surface area contributed by atoms with Crippen molar-refractivity contribution in [2.45, 2.75) is 13.0 Å². The predicted molar refractivity (Wildman–Crippen MR) is 98.5 cm³/mol. The lowest BCUT2D eigenvalue weighted by molar-refractivity contribution is -0.384. The molecule has 0 fully saturated rings. The molecule has 0 radical (unpaired) electrons. The van der Waals surface area contributed by atoms with E-state index in [9.17, 15) is 19.7 Å². The van der Waals surface area contributed by atoms with Gasteiger partial charge >= 0.3 is 5.97 Å². The highest BCUT2D eigenvalue weighted by Gasteiger charge is 2.22. The van der Waals surface area contributed by atoms with Gasteiger partial charge in [-0.05, 0) is 41.8 Å². The molecule has 0 amide bonds. The van der Waals surface area contributed by atoms with E-state index >= 15 is 0 Å². The van der Waals surface area contributed by atoms with Gasteiger partial charge in [-0.15, -0.1) is 0 Å². The molecule has 1 N–H and O–H groups in total. The van der Waals surface area contributed by atoms with Crippen LogP contribution in [0.5, 0.6) is 0 Å². The molecule has 2 aromatic carbocycles. The van der Waals surface area contributed by atoms with Gasteiger partial charge < -0.3 is 5.11 Å². The molecular weight excluding hydrogens is 350 g/mol. The molecule has 0 unspecified atom stereocenters. The van der Waals surface area contributed by atoms with Crippen LogP contribution >= 0.6 is 0 Å². The molecule has 0 spiro atoms. The van der Waals surface area contributed by atoms with Crippen molar-refractivity contribution in [1.29, 1.82) is 0 Å². The highest BCUT2D eigenvalue weighted by Crippen LogP contribution is 2.28. The van der Waals surface area contributed by atoms with Crippen molar-refractivity contribution < 1.29 is 14.8 Å². The molecule has 1 aliphatic rings. The van der Waals surface area contributed by atoms with E-state index in [1.165, 1.54) is 30.3 Å². The third-order valence-corrected chi connectivity index (χ3v) is 4.54. The number of benzene rings is 2. The highest BCUT2D eigenvalue weighted by atomic mass is 16.6. The van der Waals surface area contributed by atoms with E-state index in [2.05, 4.69) is 4.98 Å². The lowest BCUT2D eigenvalue weighted by Crippen LogP contribution is -2.20. The van der Waals surface area contributed by atoms with Gasteiger partial charge in [-0.3, -0.25) is 19.5 Å². The molecule has 0 bridgehead atoms. The number of aromatic carboxylic acids is 1. The number of carbonyl (C=O) groups is 1. The average Bonchev–Trinajstić information content (AvgIpc) is 3.05. The lowest BCUT2D eigenvalue weighted by Gasteiger charge is -2.05. The van der Waals surface area contributed by atoms with Crippen molar-refractivity contribution in [3.8, 4) is 0 Å². The van der Waals surface area contributed by atoms with Gasteiger partial charge in [0.15, 0.2) is 0 Å². The summed E-state index contributed by atoms with van der Waals surface area (Å²) in [5.74, 6) is -0.517. The largest absolute Gasteiger partial charge is 0.478 e. The van der Waals surface area contributed by atoms with Gasteiger partial charge in [0, 0.05) is 18.7 Å². The van der Waals surface area contributed by atoms with Crippen LogP contribution < -0.4 is 5.56 Å². The zero-order chi connectivity index (χ0) is 19.1. The van der Waals surface area contributed by atoms with Crippen molar-refractivity contribution in [1.82, 2.24) is 9.55 Å². The van der Waals surface area contributed by atoms with Crippen LogP contribution in [0.15, 0.2) is 47.3 Å². The number of nitro benzene ring substituents is 1. The molecule has 1 aromatic heterocycles. The second-order valence-electron chi connectivity index (χ2n) is 6.20. The number of allylic oxidation sites excluding steroid dienone is 1. The van der Waals surface area contributed by atoms with Crippen LogP contribution in [0, 0.1) is 10.1 Å². The van der Waals surface area contributed by atoms with Gasteiger partial charge in [-0.1, -0.05) is 12.1 Å². The maximum atomic E-state index is 12.7. The van der Waals surface area contributed by atoms with Crippen LogP contribution in [-0.4, -0.2) is 25.6 Å². The summed E-state index contributed by atoms with van der Waals surface area (Å²) in [4.78, 5) is 38.6. The number of hydrogen-bond donors (Lipinski definition) is 1. The van der Waals surface area contributed by atoms with Crippen LogP contribution in [0.1, 0.15) is 28.2 Å². The van der Waals surface area contributed by atoms with E-state index in [4.69, 9.17) is 5.11 Å². The number of rotatable bonds is 3. The summed E-state index contributed by atoms with van der Waals surface area (Å²) in [6, 6.07) is 10.4. The van der Waals surface area contributed by atoms with Crippen molar-refractivity contribution in [3.05, 3.63) is 79.9 Å². The Morgan fingerprint density at radius 2 is 1.96 bits per heavy atom. The van der Waals surface area contributed by atoms with Crippen LogP contribution in [0.25, 0.3) is 22.6 Å². The number of carboxylic acids is 1. The summed E-state index contributed by atoms with van der Waals surface area (Å²) in [6.45, 7) is 0.479. The summed E-state index contributed by atoms with van der Waals surface area (Å²) in [5.41, 5.74) is 1.74. The first kappa shape index (κ1) is 16.6. The molecule has 2 heterocycles. The number of carboxylic acid groups (broad SMARTS) is 1. The molecule has 0 atom stereocenters. The number of hydrogen-bond acceptors (Lipinski definition) is 5. The number of non-ortho nitro benzene ring substituents is 1. The third kappa shape index (κ3) is 2.86. The highest BCUT2D eigenvalue weighted by molar-refractivity contribution is 5.89. The normalized spacial score (nSPS) is 14.4. The van der Waals surface area contributed by atoms with Gasteiger partial charge in [-0.2, -0.15) is 0 Å². The Bertz CT molecular complexity index is 1190. The molecule has 3 aromatic rings. The molecule has 8 heteroatoms. The summed E-state index contributed by atoms with van der Waals surface area (Å²) in [5, 5.41) is 20.3. The van der Waals surface area contributed by atoms with Gasteiger partial charge in [0.25, 0.3) is 11.2 Å². The summed E-state index contributed by atoms with van der Waals surface area (Å²) < 4.78 is 1.56. The fraction of sp³-hybridized carbons (Fsp3) is 0.105. The monoisotopic (exact) mass is 363 g/mol. The minimum Gasteiger partial charge on any atom is -0.478 e. The predicted octanol–water partition coefficient (Wildman–Crippen LogP) is 2.95. The quantitative estimate of drug-likeness (QED) is 0.565. The van der Waals surface area contributed by atoms with E-state index in [0.29, 0.717) is 24.2 Å². The van der Waals surface area contributed by atoms with Gasteiger partial charge in [0.05, 0.1) is 21.4 Å². The summed E-state index contributed by atoms with van der Waals surface area (Å²) in [6.07, 6.45) is 2.45. The third-order valence-electron chi connectivity index (χ3n) is 4.54. The number of aromatic nitrogens is 2. The first-order valence-corrected chi connectivity index (χ1v) is 8.17. The van der Waals surface area contributed by atoms with Crippen LogP contribution in [-0.2, 0) is 6.54 Å². The Labute approximate surface area is 152 Å². The van der Waals surface area contributed by atoms with Gasteiger partial charge in [-0.25, -0.2) is 9.78 Å². The number of fused-ring (bicyclic) bond motifs is 2. The van der Waals surface area contributed by atoms with Crippen LogP contribution in [0.2, 0.25) is 0 Å². The second-order valence-corrected chi connectivity index (χ2v) is 6.20. The van der Waals surface area contributed by atoms with Crippen molar-refractivity contribution in [3.63, 3.8) is 0 Å². The van der Waals surface area contributed by atoms with E-state index < -0.39 is 10.9 Å². The average molecular weight is 363 g/mol. The first-order chi connectivity index (χ1) is 12.9. The maximum Gasteiger partial charge on any atom is 0.335 e. The molecule has 134 valence electrons. The smallest absolute Gasteiger partial charge is 0.335 e. The molecule has 8 nitrogen and oxygen atoms in total. The van der Waals surface area contributed by atoms with Crippen molar-refractivity contribution >= 4 is 34.2 Å². The van der Waals surface area contributed by atoms with Gasteiger partial charge in [0.2, 0.25) is 0 Å². The molecule has 0 saturated heterocycles. The summed E-state index contributed by atoms with van der Waals surface area (Å²) in [7, 11) is 0. The molecule has 27 heavy (non-hydrogen) atoms. The van der Waals surface area contributed by atoms with E-state index in [1.54, 1.807) is 16.7 Å². The van der Waals surface area contributed by atoms with Crippen LogP contribution in [0.4, 0.5) is 5.69 Å². The Morgan fingerprint density at radius 1 is 1.22 bits per heavy atom. The fourth-order valence-corrected chi connectivity index (χ4v) is 3.18. The molecule has 0 aliphatic carbocycles.